The summed E-state index contributed by atoms with van der Waals surface area (Å²) in [4.78, 5) is 5.85. The van der Waals surface area contributed by atoms with Crippen LogP contribution in [0.2, 0.25) is 0 Å². The Hall–Kier alpha value is -0.670. The lowest BCUT2D eigenvalue weighted by Crippen LogP contribution is -2.15. The highest BCUT2D eigenvalue weighted by Crippen LogP contribution is 2.27. The van der Waals surface area contributed by atoms with E-state index in [1.54, 1.807) is 11.3 Å². The maximum atomic E-state index is 4.47. The minimum absolute atomic E-state index is 0.455. The molecule has 1 rings (SSSR count). The van der Waals surface area contributed by atoms with Gasteiger partial charge in [0.2, 0.25) is 0 Å². The van der Waals surface area contributed by atoms with E-state index in [1.165, 1.54) is 17.0 Å². The van der Waals surface area contributed by atoms with Crippen LogP contribution >= 0.6 is 11.3 Å². The first-order valence-electron chi connectivity index (χ1n) is 5.41. The van der Waals surface area contributed by atoms with E-state index in [2.05, 4.69) is 30.7 Å². The van der Waals surface area contributed by atoms with Gasteiger partial charge in [0.15, 0.2) is 0 Å². The van der Waals surface area contributed by atoms with Gasteiger partial charge in [-0.05, 0) is 40.2 Å². The molecule has 1 heterocycles. The molecule has 0 spiro atoms. The average Bonchev–Trinajstić information content (AvgIpc) is 2.53. The maximum absolute atomic E-state index is 4.47. The van der Waals surface area contributed by atoms with Crippen molar-refractivity contribution in [3.05, 3.63) is 28.2 Å². The molecular weight excluding hydrogens is 204 g/mol. The zero-order valence-electron chi connectivity index (χ0n) is 9.84. The Morgan fingerprint density at radius 3 is 2.73 bits per heavy atom. The van der Waals surface area contributed by atoms with Crippen LogP contribution in [0.15, 0.2) is 12.7 Å². The SMILES string of the molecule is C=CCCCC(NC)c1sc(C)nc1C. The average molecular weight is 224 g/mol. The number of nitrogens with zero attached hydrogens (tertiary/aromatic N) is 1. The second kappa shape index (κ2) is 6.03. The van der Waals surface area contributed by atoms with Crippen molar-refractivity contribution in [1.82, 2.24) is 10.3 Å². The monoisotopic (exact) mass is 224 g/mol. The van der Waals surface area contributed by atoms with Crippen molar-refractivity contribution in [1.29, 1.82) is 0 Å². The third-order valence-corrected chi connectivity index (χ3v) is 3.69. The smallest absolute Gasteiger partial charge is 0.0900 e. The van der Waals surface area contributed by atoms with E-state index in [1.807, 2.05) is 13.1 Å². The van der Waals surface area contributed by atoms with Crippen LogP contribution in [-0.2, 0) is 0 Å². The van der Waals surface area contributed by atoms with Crippen molar-refractivity contribution in [3.63, 3.8) is 0 Å². The lowest BCUT2D eigenvalue weighted by Gasteiger charge is -2.14. The van der Waals surface area contributed by atoms with Crippen molar-refractivity contribution in [2.75, 3.05) is 7.05 Å². The van der Waals surface area contributed by atoms with E-state index in [4.69, 9.17) is 0 Å². The third-order valence-electron chi connectivity index (χ3n) is 2.51. The van der Waals surface area contributed by atoms with Gasteiger partial charge in [-0.3, -0.25) is 0 Å². The Labute approximate surface area is 96.4 Å². The number of hydrogen-bond acceptors (Lipinski definition) is 3. The molecule has 0 bridgehead atoms. The second-order valence-electron chi connectivity index (χ2n) is 3.74. The van der Waals surface area contributed by atoms with Crippen LogP contribution in [0.1, 0.15) is 40.9 Å². The topological polar surface area (TPSA) is 24.9 Å². The fraction of sp³-hybridized carbons (Fsp3) is 0.583. The highest BCUT2D eigenvalue weighted by atomic mass is 32.1. The predicted octanol–water partition coefficient (Wildman–Crippen LogP) is 3.38. The molecule has 84 valence electrons. The molecule has 0 saturated heterocycles. The summed E-state index contributed by atoms with van der Waals surface area (Å²) in [5.74, 6) is 0. The Kier molecular flexibility index (Phi) is 4.99. The minimum atomic E-state index is 0.455. The van der Waals surface area contributed by atoms with E-state index < -0.39 is 0 Å². The quantitative estimate of drug-likeness (QED) is 0.592. The summed E-state index contributed by atoms with van der Waals surface area (Å²) in [5, 5.41) is 4.53. The van der Waals surface area contributed by atoms with Gasteiger partial charge in [-0.1, -0.05) is 6.08 Å². The van der Waals surface area contributed by atoms with Crippen molar-refractivity contribution in [2.24, 2.45) is 0 Å². The number of aromatic nitrogens is 1. The summed E-state index contributed by atoms with van der Waals surface area (Å²) < 4.78 is 0. The van der Waals surface area contributed by atoms with Crippen LogP contribution < -0.4 is 5.32 Å². The minimum Gasteiger partial charge on any atom is -0.312 e. The summed E-state index contributed by atoms with van der Waals surface area (Å²) >= 11 is 1.81. The molecule has 0 aromatic carbocycles. The molecule has 15 heavy (non-hydrogen) atoms. The molecule has 2 nitrogen and oxygen atoms in total. The van der Waals surface area contributed by atoms with Gasteiger partial charge < -0.3 is 5.32 Å². The summed E-state index contributed by atoms with van der Waals surface area (Å²) in [6.07, 6.45) is 5.42. The summed E-state index contributed by atoms with van der Waals surface area (Å²) in [6, 6.07) is 0.455. The molecule has 0 saturated carbocycles. The van der Waals surface area contributed by atoms with Gasteiger partial charge in [-0.15, -0.1) is 17.9 Å². The number of thiazole rings is 1. The molecule has 1 atom stereocenters. The van der Waals surface area contributed by atoms with Crippen molar-refractivity contribution >= 4 is 11.3 Å². The lowest BCUT2D eigenvalue weighted by molar-refractivity contribution is 0.535. The molecule has 1 unspecified atom stereocenters. The molecule has 0 amide bonds. The van der Waals surface area contributed by atoms with Gasteiger partial charge in [0.1, 0.15) is 0 Å². The van der Waals surface area contributed by atoms with E-state index in [0.717, 1.165) is 17.8 Å². The Bertz CT molecular complexity index is 317. The number of hydrogen-bond donors (Lipinski definition) is 1. The van der Waals surface area contributed by atoms with E-state index in [-0.39, 0.29) is 0 Å². The molecule has 0 fully saturated rings. The van der Waals surface area contributed by atoms with E-state index in [9.17, 15) is 0 Å². The van der Waals surface area contributed by atoms with Crippen LogP contribution in [0.3, 0.4) is 0 Å². The number of aryl methyl sites for hydroxylation is 2. The number of nitrogens with one attached hydrogen (secondary N) is 1. The van der Waals surface area contributed by atoms with E-state index in [0.29, 0.717) is 6.04 Å². The Morgan fingerprint density at radius 1 is 1.53 bits per heavy atom. The highest BCUT2D eigenvalue weighted by molar-refractivity contribution is 7.11. The fourth-order valence-electron chi connectivity index (χ4n) is 1.74. The summed E-state index contributed by atoms with van der Waals surface area (Å²) in [5.41, 5.74) is 1.18. The van der Waals surface area contributed by atoms with Gasteiger partial charge in [0.05, 0.1) is 10.7 Å². The first-order chi connectivity index (χ1) is 7.19. The molecule has 0 aliphatic carbocycles. The maximum Gasteiger partial charge on any atom is 0.0900 e. The number of unbranched alkanes of at least 4 members (excludes halogenated alkanes) is 1. The van der Waals surface area contributed by atoms with Crippen LogP contribution in [0.5, 0.6) is 0 Å². The molecular formula is C12H20N2S. The summed E-state index contributed by atoms with van der Waals surface area (Å²) in [6.45, 7) is 7.91. The molecule has 1 N–H and O–H groups in total. The third kappa shape index (κ3) is 3.43. The van der Waals surface area contributed by atoms with Crippen molar-refractivity contribution < 1.29 is 0 Å². The number of rotatable bonds is 6. The van der Waals surface area contributed by atoms with Gasteiger partial charge in [0.25, 0.3) is 0 Å². The largest absolute Gasteiger partial charge is 0.312 e. The van der Waals surface area contributed by atoms with Crippen LogP contribution in [0, 0.1) is 13.8 Å². The van der Waals surface area contributed by atoms with Gasteiger partial charge in [0, 0.05) is 10.9 Å². The first kappa shape index (κ1) is 12.4. The van der Waals surface area contributed by atoms with Crippen LogP contribution in [-0.4, -0.2) is 12.0 Å². The lowest BCUT2D eigenvalue weighted by atomic mass is 10.1. The molecule has 1 aromatic rings. The Morgan fingerprint density at radius 2 is 2.27 bits per heavy atom. The van der Waals surface area contributed by atoms with Crippen molar-refractivity contribution in [3.8, 4) is 0 Å². The highest BCUT2D eigenvalue weighted by Gasteiger charge is 2.14. The van der Waals surface area contributed by atoms with Gasteiger partial charge in [-0.2, -0.15) is 0 Å². The zero-order valence-corrected chi connectivity index (χ0v) is 10.7. The van der Waals surface area contributed by atoms with Gasteiger partial charge >= 0.3 is 0 Å². The number of allylic oxidation sites excluding steroid dienone is 1. The molecule has 3 heteroatoms. The van der Waals surface area contributed by atoms with Gasteiger partial charge in [-0.25, -0.2) is 4.98 Å². The molecule has 1 aromatic heterocycles. The second-order valence-corrected chi connectivity index (χ2v) is 4.98. The standard InChI is InChI=1S/C12H20N2S/c1-5-6-7-8-11(13-4)12-9(2)14-10(3)15-12/h5,11,13H,1,6-8H2,2-4H3. The predicted molar refractivity (Wildman–Crippen MR) is 67.4 cm³/mol. The summed E-state index contributed by atoms with van der Waals surface area (Å²) in [7, 11) is 2.02. The van der Waals surface area contributed by atoms with E-state index >= 15 is 0 Å². The van der Waals surface area contributed by atoms with Crippen molar-refractivity contribution in [2.45, 2.75) is 39.2 Å². The zero-order chi connectivity index (χ0) is 11.3. The normalized spacial score (nSPS) is 12.7. The van der Waals surface area contributed by atoms with Crippen LogP contribution in [0.4, 0.5) is 0 Å². The molecule has 0 aliphatic heterocycles. The fourth-order valence-corrected chi connectivity index (χ4v) is 2.82. The van der Waals surface area contributed by atoms with Crippen LogP contribution in [0.25, 0.3) is 0 Å². The molecule has 0 radical (unpaired) electrons. The first-order valence-corrected chi connectivity index (χ1v) is 6.22. The molecule has 0 aliphatic rings. The Balaban J connectivity index is 2.65.